The molecule has 2 unspecified atom stereocenters. The third-order valence-electron chi connectivity index (χ3n) is 2.28. The standard InChI is InChI=1S/C6H8O4/c7-3-2-1-8-6(9-2)5-4(3)10-5/h2-7H,1H2/t2-,3-,4?,5-,6?/m0/s1. The molecule has 0 aliphatic carbocycles. The molecule has 3 rings (SSSR count). The van der Waals surface area contributed by atoms with Crippen molar-refractivity contribution in [3.63, 3.8) is 0 Å². The molecule has 0 amide bonds. The van der Waals surface area contributed by atoms with Crippen LogP contribution >= 0.6 is 0 Å². The van der Waals surface area contributed by atoms with Crippen LogP contribution < -0.4 is 0 Å². The van der Waals surface area contributed by atoms with E-state index in [-0.39, 0.29) is 24.6 Å². The van der Waals surface area contributed by atoms with E-state index in [0.717, 1.165) is 0 Å². The largest absolute Gasteiger partial charge is 0.387 e. The van der Waals surface area contributed by atoms with Crippen molar-refractivity contribution in [1.29, 1.82) is 0 Å². The number of epoxide rings is 1. The van der Waals surface area contributed by atoms with Crippen molar-refractivity contribution in [3.05, 3.63) is 0 Å². The van der Waals surface area contributed by atoms with E-state index in [1.54, 1.807) is 0 Å². The summed E-state index contributed by atoms with van der Waals surface area (Å²) < 4.78 is 15.6. The topological polar surface area (TPSA) is 51.2 Å². The van der Waals surface area contributed by atoms with Gasteiger partial charge in [-0.15, -0.1) is 0 Å². The zero-order chi connectivity index (χ0) is 6.72. The molecule has 2 bridgehead atoms. The molecule has 4 heteroatoms. The van der Waals surface area contributed by atoms with Crippen LogP contribution in [0.4, 0.5) is 0 Å². The zero-order valence-electron chi connectivity index (χ0n) is 5.27. The lowest BCUT2D eigenvalue weighted by Gasteiger charge is -2.18. The second-order valence-electron chi connectivity index (χ2n) is 2.93. The van der Waals surface area contributed by atoms with Crippen LogP contribution in [-0.4, -0.2) is 42.4 Å². The molecule has 0 saturated carbocycles. The van der Waals surface area contributed by atoms with Gasteiger partial charge in [-0.05, 0) is 0 Å². The highest BCUT2D eigenvalue weighted by atomic mass is 16.8. The van der Waals surface area contributed by atoms with Gasteiger partial charge in [0.1, 0.15) is 24.4 Å². The summed E-state index contributed by atoms with van der Waals surface area (Å²) in [6, 6.07) is 0. The first-order chi connectivity index (χ1) is 4.86. The number of aliphatic hydroxyl groups is 1. The van der Waals surface area contributed by atoms with E-state index in [0.29, 0.717) is 6.61 Å². The van der Waals surface area contributed by atoms with Crippen LogP contribution in [0.15, 0.2) is 0 Å². The average molecular weight is 144 g/mol. The van der Waals surface area contributed by atoms with E-state index in [1.165, 1.54) is 0 Å². The van der Waals surface area contributed by atoms with Gasteiger partial charge in [-0.3, -0.25) is 0 Å². The van der Waals surface area contributed by atoms with Crippen molar-refractivity contribution in [2.75, 3.05) is 6.61 Å². The number of aliphatic hydroxyl groups excluding tert-OH is 1. The number of hydrogen-bond donors (Lipinski definition) is 1. The SMILES string of the molecule is O[C@@H]1C2O[C@@H]2C2OC[C@@H]1O2. The van der Waals surface area contributed by atoms with Crippen molar-refractivity contribution >= 4 is 0 Å². The Labute approximate surface area is 57.7 Å². The van der Waals surface area contributed by atoms with Crippen LogP contribution in [0.3, 0.4) is 0 Å². The normalized spacial score (nSPS) is 63.9. The Balaban J connectivity index is 1.91. The van der Waals surface area contributed by atoms with Crippen molar-refractivity contribution in [2.24, 2.45) is 0 Å². The van der Waals surface area contributed by atoms with E-state index in [1.807, 2.05) is 0 Å². The molecule has 4 nitrogen and oxygen atoms in total. The number of ether oxygens (including phenoxy) is 3. The molecule has 3 fully saturated rings. The van der Waals surface area contributed by atoms with Crippen LogP contribution in [0.25, 0.3) is 0 Å². The molecule has 3 aliphatic heterocycles. The van der Waals surface area contributed by atoms with Gasteiger partial charge in [0.2, 0.25) is 0 Å². The maximum atomic E-state index is 9.38. The highest BCUT2D eigenvalue weighted by molar-refractivity contribution is 5.03. The molecular formula is C6H8O4. The van der Waals surface area contributed by atoms with E-state index < -0.39 is 6.10 Å². The van der Waals surface area contributed by atoms with Crippen LogP contribution in [0, 0.1) is 0 Å². The van der Waals surface area contributed by atoms with Crippen LogP contribution in [0.1, 0.15) is 0 Å². The third kappa shape index (κ3) is 0.509. The van der Waals surface area contributed by atoms with Crippen LogP contribution in [0.2, 0.25) is 0 Å². The van der Waals surface area contributed by atoms with Gasteiger partial charge in [-0.25, -0.2) is 0 Å². The molecule has 0 radical (unpaired) electrons. The highest BCUT2D eigenvalue weighted by Gasteiger charge is 2.61. The minimum atomic E-state index is -0.469. The van der Waals surface area contributed by atoms with E-state index in [2.05, 4.69) is 0 Å². The Kier molecular flexibility index (Phi) is 0.840. The molecule has 1 N–H and O–H groups in total. The Hall–Kier alpha value is -0.160. The Morgan fingerprint density at radius 1 is 1.20 bits per heavy atom. The van der Waals surface area contributed by atoms with Gasteiger partial charge < -0.3 is 19.3 Å². The van der Waals surface area contributed by atoms with Crippen LogP contribution in [-0.2, 0) is 14.2 Å². The van der Waals surface area contributed by atoms with Gasteiger partial charge in [0.05, 0.1) is 6.61 Å². The lowest BCUT2D eigenvalue weighted by Crippen LogP contribution is -2.39. The highest BCUT2D eigenvalue weighted by Crippen LogP contribution is 2.41. The minimum Gasteiger partial charge on any atom is -0.387 e. The van der Waals surface area contributed by atoms with Crippen LogP contribution in [0.5, 0.6) is 0 Å². The monoisotopic (exact) mass is 144 g/mol. The molecule has 3 saturated heterocycles. The van der Waals surface area contributed by atoms with Gasteiger partial charge in [0, 0.05) is 0 Å². The molecule has 0 aromatic rings. The fourth-order valence-corrected chi connectivity index (χ4v) is 1.63. The van der Waals surface area contributed by atoms with Gasteiger partial charge in [0.25, 0.3) is 0 Å². The molecule has 56 valence electrons. The molecule has 10 heavy (non-hydrogen) atoms. The summed E-state index contributed by atoms with van der Waals surface area (Å²) in [5.41, 5.74) is 0. The second-order valence-corrected chi connectivity index (χ2v) is 2.93. The molecule has 0 aromatic heterocycles. The fraction of sp³-hybridized carbons (Fsp3) is 1.00. The summed E-state index contributed by atoms with van der Waals surface area (Å²) in [6.45, 7) is 0.516. The summed E-state index contributed by atoms with van der Waals surface area (Å²) in [4.78, 5) is 0. The molecule has 5 atom stereocenters. The lowest BCUT2D eigenvalue weighted by atomic mass is 10.1. The van der Waals surface area contributed by atoms with E-state index in [4.69, 9.17) is 14.2 Å². The van der Waals surface area contributed by atoms with Crippen molar-refractivity contribution < 1.29 is 19.3 Å². The minimum absolute atomic E-state index is 0.00810. The smallest absolute Gasteiger partial charge is 0.187 e. The fourth-order valence-electron chi connectivity index (χ4n) is 1.63. The van der Waals surface area contributed by atoms with Gasteiger partial charge in [-0.1, -0.05) is 0 Å². The summed E-state index contributed by atoms with van der Waals surface area (Å²) in [5, 5.41) is 9.38. The van der Waals surface area contributed by atoms with Gasteiger partial charge >= 0.3 is 0 Å². The van der Waals surface area contributed by atoms with Gasteiger partial charge in [0.15, 0.2) is 6.29 Å². The number of hydrogen-bond acceptors (Lipinski definition) is 4. The summed E-state index contributed by atoms with van der Waals surface area (Å²) in [5.74, 6) is 0. The van der Waals surface area contributed by atoms with Crippen molar-refractivity contribution in [3.8, 4) is 0 Å². The average Bonchev–Trinajstić information content (AvgIpc) is 2.61. The summed E-state index contributed by atoms with van der Waals surface area (Å²) in [7, 11) is 0. The van der Waals surface area contributed by atoms with Crippen molar-refractivity contribution in [2.45, 2.75) is 30.7 Å². The Morgan fingerprint density at radius 2 is 2.10 bits per heavy atom. The second kappa shape index (κ2) is 1.53. The molecular weight excluding hydrogens is 136 g/mol. The molecule has 3 aliphatic rings. The van der Waals surface area contributed by atoms with E-state index >= 15 is 0 Å². The van der Waals surface area contributed by atoms with E-state index in [9.17, 15) is 5.11 Å². The summed E-state index contributed by atoms with van der Waals surface area (Å²) in [6.07, 6.45) is -0.809. The Bertz CT molecular complexity index is 169. The maximum Gasteiger partial charge on any atom is 0.187 e. The molecule has 0 spiro atoms. The first kappa shape index (κ1) is 5.49. The van der Waals surface area contributed by atoms with Crippen molar-refractivity contribution in [1.82, 2.24) is 0 Å². The summed E-state index contributed by atoms with van der Waals surface area (Å²) >= 11 is 0. The first-order valence-electron chi connectivity index (χ1n) is 3.47. The molecule has 0 aromatic carbocycles. The van der Waals surface area contributed by atoms with Gasteiger partial charge in [-0.2, -0.15) is 0 Å². The zero-order valence-corrected chi connectivity index (χ0v) is 5.27. The molecule has 3 heterocycles. The third-order valence-corrected chi connectivity index (χ3v) is 2.28. The lowest BCUT2D eigenvalue weighted by molar-refractivity contribution is -0.103. The predicted molar refractivity (Wildman–Crippen MR) is 29.3 cm³/mol. The quantitative estimate of drug-likeness (QED) is 0.437. The first-order valence-corrected chi connectivity index (χ1v) is 3.47. The number of rotatable bonds is 0. The predicted octanol–water partition coefficient (Wildman–Crippen LogP) is -1.13. The maximum absolute atomic E-state index is 9.38. The Morgan fingerprint density at radius 3 is 3.00 bits per heavy atom. The number of fused-ring (bicyclic) bond motifs is 4.